The standard InChI is InChI=1S/C24H20F4N6O2/c1-13-4-2-3-5-18(13)32-21-19(10-15(12-31-21)23(36)34-20(30)6-7-29)33-22(35)14-8-16(24(26,27)28)11-17(25)9-14/h2-12H,29H2,1H3,(H,31,32)(H,33,35)(H2,30,34,36)/b7-6-. The molecule has 6 N–H and O–H groups in total. The molecule has 0 saturated carbocycles. The first-order valence-electron chi connectivity index (χ1n) is 10.3. The van der Waals surface area contributed by atoms with E-state index in [9.17, 15) is 27.2 Å². The summed E-state index contributed by atoms with van der Waals surface area (Å²) in [5, 5.41) is 5.37. The summed E-state index contributed by atoms with van der Waals surface area (Å²) < 4.78 is 53.1. The largest absolute Gasteiger partial charge is 0.416 e. The van der Waals surface area contributed by atoms with Gasteiger partial charge in [-0.1, -0.05) is 18.2 Å². The van der Waals surface area contributed by atoms with Crippen LogP contribution in [0.1, 0.15) is 31.8 Å². The molecular formula is C24H20F4N6O2. The molecule has 0 atom stereocenters. The minimum atomic E-state index is -4.86. The highest BCUT2D eigenvalue weighted by Gasteiger charge is 2.32. The van der Waals surface area contributed by atoms with Gasteiger partial charge in [-0.2, -0.15) is 18.2 Å². The average molecular weight is 500 g/mol. The Bertz CT molecular complexity index is 1370. The Morgan fingerprint density at radius 3 is 2.44 bits per heavy atom. The van der Waals surface area contributed by atoms with Crippen molar-refractivity contribution in [3.63, 3.8) is 0 Å². The number of carbonyl (C=O) groups is 2. The van der Waals surface area contributed by atoms with Crippen LogP contribution in [-0.2, 0) is 6.18 Å². The summed E-state index contributed by atoms with van der Waals surface area (Å²) in [6.07, 6.45) is -1.42. The summed E-state index contributed by atoms with van der Waals surface area (Å²) >= 11 is 0. The predicted octanol–water partition coefficient (Wildman–Crippen LogP) is 4.51. The highest BCUT2D eigenvalue weighted by molar-refractivity contribution is 6.09. The summed E-state index contributed by atoms with van der Waals surface area (Å²) in [7, 11) is 0. The van der Waals surface area contributed by atoms with Gasteiger partial charge in [0, 0.05) is 17.4 Å². The number of benzene rings is 2. The fourth-order valence-corrected chi connectivity index (χ4v) is 3.01. The number of hydrogen-bond acceptors (Lipinski definition) is 5. The zero-order valence-electron chi connectivity index (χ0n) is 18.7. The van der Waals surface area contributed by atoms with Gasteiger partial charge >= 0.3 is 6.18 Å². The summed E-state index contributed by atoms with van der Waals surface area (Å²) in [5.74, 6) is -3.24. The van der Waals surface area contributed by atoms with Crippen molar-refractivity contribution in [2.75, 3.05) is 10.6 Å². The molecule has 2 aromatic carbocycles. The maximum atomic E-state index is 13.8. The number of rotatable bonds is 6. The Balaban J connectivity index is 2.03. The van der Waals surface area contributed by atoms with Crippen molar-refractivity contribution in [2.24, 2.45) is 16.5 Å². The van der Waals surface area contributed by atoms with Gasteiger partial charge in [0.05, 0.1) is 16.8 Å². The van der Waals surface area contributed by atoms with E-state index in [0.717, 1.165) is 11.8 Å². The molecule has 1 heterocycles. The van der Waals surface area contributed by atoms with Crippen LogP contribution in [0.2, 0.25) is 0 Å². The van der Waals surface area contributed by atoms with E-state index in [-0.39, 0.29) is 29.0 Å². The first-order chi connectivity index (χ1) is 17.0. The number of nitrogens with one attached hydrogen (secondary N) is 2. The predicted molar refractivity (Wildman–Crippen MR) is 127 cm³/mol. The Labute approximate surface area is 202 Å². The lowest BCUT2D eigenvalue weighted by atomic mass is 10.1. The number of pyridine rings is 1. The number of nitrogens with zero attached hydrogens (tertiary/aromatic N) is 2. The zero-order chi connectivity index (χ0) is 26.5. The van der Waals surface area contributed by atoms with Crippen LogP contribution in [0.4, 0.5) is 34.8 Å². The molecule has 3 aromatic rings. The second-order valence-corrected chi connectivity index (χ2v) is 7.44. The summed E-state index contributed by atoms with van der Waals surface area (Å²) in [6, 6.07) is 9.76. The number of halogens is 4. The lowest BCUT2D eigenvalue weighted by Gasteiger charge is -2.15. The fourth-order valence-electron chi connectivity index (χ4n) is 3.01. The number of aromatic nitrogens is 1. The van der Waals surface area contributed by atoms with Crippen molar-refractivity contribution in [3.8, 4) is 0 Å². The number of nitrogens with two attached hydrogens (primary N) is 2. The van der Waals surface area contributed by atoms with Crippen molar-refractivity contribution in [2.45, 2.75) is 13.1 Å². The topological polar surface area (TPSA) is 135 Å². The number of amides is 2. The average Bonchev–Trinajstić information content (AvgIpc) is 2.80. The number of aryl methyl sites for hydroxylation is 1. The highest BCUT2D eigenvalue weighted by atomic mass is 19.4. The molecule has 0 aliphatic rings. The van der Waals surface area contributed by atoms with Crippen molar-refractivity contribution >= 4 is 34.8 Å². The molecule has 0 radical (unpaired) electrons. The lowest BCUT2D eigenvalue weighted by Crippen LogP contribution is -2.17. The number of hydrogen-bond donors (Lipinski definition) is 4. The maximum absolute atomic E-state index is 13.8. The molecule has 186 valence electrons. The van der Waals surface area contributed by atoms with E-state index in [0.29, 0.717) is 17.8 Å². The third kappa shape index (κ3) is 6.44. The van der Waals surface area contributed by atoms with Crippen molar-refractivity contribution in [1.82, 2.24) is 4.98 Å². The molecule has 0 unspecified atom stereocenters. The maximum Gasteiger partial charge on any atom is 0.416 e. The fraction of sp³-hybridized carbons (Fsp3) is 0.0833. The van der Waals surface area contributed by atoms with Gasteiger partial charge < -0.3 is 22.1 Å². The molecule has 3 rings (SSSR count). The minimum Gasteiger partial charge on any atom is -0.404 e. The Morgan fingerprint density at radius 1 is 1.06 bits per heavy atom. The van der Waals surface area contributed by atoms with E-state index in [1.807, 2.05) is 13.0 Å². The van der Waals surface area contributed by atoms with Crippen LogP contribution in [0.3, 0.4) is 0 Å². The summed E-state index contributed by atoms with van der Waals surface area (Å²) in [5.41, 5.74) is 10.1. The molecule has 8 nitrogen and oxygen atoms in total. The van der Waals surface area contributed by atoms with Crippen LogP contribution < -0.4 is 22.1 Å². The van der Waals surface area contributed by atoms with E-state index in [1.54, 1.807) is 18.2 Å². The normalized spacial score (nSPS) is 12.0. The smallest absolute Gasteiger partial charge is 0.404 e. The third-order valence-corrected chi connectivity index (χ3v) is 4.77. The SMILES string of the molecule is Cc1ccccc1Nc1ncc(C(=O)N=C(N)/C=C\N)cc1NC(=O)c1cc(F)cc(C(F)(F)F)c1. The van der Waals surface area contributed by atoms with Gasteiger partial charge in [-0.15, -0.1) is 0 Å². The molecule has 0 aliphatic heterocycles. The third-order valence-electron chi connectivity index (χ3n) is 4.77. The number of carbonyl (C=O) groups excluding carboxylic acids is 2. The Kier molecular flexibility index (Phi) is 7.67. The number of para-hydroxylation sites is 1. The first kappa shape index (κ1) is 25.9. The van der Waals surface area contributed by atoms with Crippen LogP contribution in [0, 0.1) is 12.7 Å². The van der Waals surface area contributed by atoms with Gasteiger partial charge in [0.1, 0.15) is 11.7 Å². The van der Waals surface area contributed by atoms with Crippen LogP contribution in [0.15, 0.2) is 72.0 Å². The van der Waals surface area contributed by atoms with Crippen LogP contribution in [-0.4, -0.2) is 22.6 Å². The molecule has 0 fully saturated rings. The Hall–Kier alpha value is -4.74. The molecule has 0 saturated heterocycles. The molecular weight excluding hydrogens is 480 g/mol. The van der Waals surface area contributed by atoms with Crippen molar-refractivity contribution < 1.29 is 27.2 Å². The van der Waals surface area contributed by atoms with Crippen molar-refractivity contribution in [1.29, 1.82) is 0 Å². The highest BCUT2D eigenvalue weighted by Crippen LogP contribution is 2.31. The molecule has 2 amide bonds. The first-order valence-corrected chi connectivity index (χ1v) is 10.3. The van der Waals surface area contributed by atoms with E-state index < -0.39 is 34.9 Å². The minimum absolute atomic E-state index is 0.0699. The summed E-state index contributed by atoms with van der Waals surface area (Å²) in [4.78, 5) is 33.1. The number of alkyl halides is 3. The van der Waals surface area contributed by atoms with Gasteiger partial charge in [-0.05, 0) is 55.1 Å². The lowest BCUT2D eigenvalue weighted by molar-refractivity contribution is -0.137. The van der Waals surface area contributed by atoms with Crippen LogP contribution >= 0.6 is 0 Å². The molecule has 0 spiro atoms. The molecule has 0 aliphatic carbocycles. The quantitative estimate of drug-likeness (QED) is 0.223. The molecule has 12 heteroatoms. The van der Waals surface area contributed by atoms with Crippen molar-refractivity contribution in [3.05, 3.63) is 95.1 Å². The van der Waals surface area contributed by atoms with Gasteiger partial charge in [0.25, 0.3) is 11.8 Å². The van der Waals surface area contributed by atoms with E-state index in [1.165, 1.54) is 18.3 Å². The zero-order valence-corrected chi connectivity index (χ0v) is 18.7. The van der Waals surface area contributed by atoms with E-state index in [4.69, 9.17) is 11.5 Å². The monoisotopic (exact) mass is 500 g/mol. The number of anilines is 3. The number of amidine groups is 1. The number of aliphatic imine (C=N–C) groups is 1. The second-order valence-electron chi connectivity index (χ2n) is 7.44. The molecule has 1 aromatic heterocycles. The van der Waals surface area contributed by atoms with E-state index in [2.05, 4.69) is 20.6 Å². The van der Waals surface area contributed by atoms with Gasteiger partial charge in [0.2, 0.25) is 0 Å². The molecule has 0 bridgehead atoms. The van der Waals surface area contributed by atoms with Crippen LogP contribution in [0.25, 0.3) is 0 Å². The molecule has 36 heavy (non-hydrogen) atoms. The second kappa shape index (κ2) is 10.7. The Morgan fingerprint density at radius 2 is 1.78 bits per heavy atom. The van der Waals surface area contributed by atoms with Crippen LogP contribution in [0.5, 0.6) is 0 Å². The van der Waals surface area contributed by atoms with Gasteiger partial charge in [0.15, 0.2) is 5.82 Å². The summed E-state index contributed by atoms with van der Waals surface area (Å²) in [6.45, 7) is 1.81. The van der Waals surface area contributed by atoms with Gasteiger partial charge in [-0.3, -0.25) is 9.59 Å². The van der Waals surface area contributed by atoms with E-state index >= 15 is 0 Å². The van der Waals surface area contributed by atoms with Gasteiger partial charge in [-0.25, -0.2) is 9.37 Å².